The van der Waals surface area contributed by atoms with Crippen LogP contribution in [0.4, 0.5) is 11.4 Å². The highest BCUT2D eigenvalue weighted by Crippen LogP contribution is 2.40. The van der Waals surface area contributed by atoms with Crippen molar-refractivity contribution in [3.05, 3.63) is 53.1 Å². The second-order valence-corrected chi connectivity index (χ2v) is 7.44. The average molecular weight is 387 g/mol. The highest BCUT2D eigenvalue weighted by Gasteiger charge is 2.48. The second kappa shape index (κ2) is 8.01. The fourth-order valence-corrected chi connectivity index (χ4v) is 3.04. The highest BCUT2D eigenvalue weighted by atomic mass is 35.5. The number of rotatable bonds is 6. The van der Waals surface area contributed by atoms with Crippen molar-refractivity contribution in [3.8, 4) is 5.75 Å². The number of benzene rings is 2. The van der Waals surface area contributed by atoms with Gasteiger partial charge in [0.25, 0.3) is 0 Å². The van der Waals surface area contributed by atoms with Gasteiger partial charge in [-0.05, 0) is 69.2 Å². The van der Waals surface area contributed by atoms with Gasteiger partial charge in [0.1, 0.15) is 5.75 Å². The molecule has 2 aromatic rings. The van der Waals surface area contributed by atoms with Gasteiger partial charge >= 0.3 is 0 Å². The molecule has 6 heteroatoms. The smallest absolute Gasteiger partial charge is 0.228 e. The molecule has 0 spiro atoms. The van der Waals surface area contributed by atoms with E-state index in [1.807, 2.05) is 32.9 Å². The summed E-state index contributed by atoms with van der Waals surface area (Å²) < 4.78 is 5.58. The Bertz CT molecular complexity index is 849. The zero-order valence-electron chi connectivity index (χ0n) is 15.6. The van der Waals surface area contributed by atoms with Crippen molar-refractivity contribution in [3.63, 3.8) is 0 Å². The molecule has 2 amide bonds. The third-order valence-electron chi connectivity index (χ3n) is 4.48. The highest BCUT2D eigenvalue weighted by molar-refractivity contribution is 6.31. The molecule has 2 atom stereocenters. The number of hydrogen-bond donors (Lipinski definition) is 2. The molecule has 0 bridgehead atoms. The maximum Gasteiger partial charge on any atom is 0.228 e. The molecule has 1 aliphatic rings. The van der Waals surface area contributed by atoms with Gasteiger partial charge in [-0.2, -0.15) is 0 Å². The fourth-order valence-electron chi connectivity index (χ4n) is 2.87. The summed E-state index contributed by atoms with van der Waals surface area (Å²) in [5, 5.41) is 6.33. The van der Waals surface area contributed by atoms with Gasteiger partial charge in [0.2, 0.25) is 11.8 Å². The van der Waals surface area contributed by atoms with Crippen molar-refractivity contribution in [2.75, 3.05) is 10.6 Å². The molecule has 27 heavy (non-hydrogen) atoms. The minimum atomic E-state index is -0.313. The van der Waals surface area contributed by atoms with E-state index in [-0.39, 0.29) is 29.8 Å². The molecule has 0 heterocycles. The van der Waals surface area contributed by atoms with Crippen LogP contribution in [-0.2, 0) is 9.59 Å². The van der Waals surface area contributed by atoms with Crippen LogP contribution < -0.4 is 15.4 Å². The van der Waals surface area contributed by atoms with Crippen LogP contribution in [0.5, 0.6) is 5.75 Å². The lowest BCUT2D eigenvalue weighted by molar-refractivity contribution is -0.122. The lowest BCUT2D eigenvalue weighted by atomic mass is 10.2. The third-order valence-corrected chi connectivity index (χ3v) is 4.89. The molecule has 2 aromatic carbocycles. The van der Waals surface area contributed by atoms with Crippen molar-refractivity contribution >= 4 is 34.8 Å². The zero-order valence-corrected chi connectivity index (χ0v) is 16.3. The van der Waals surface area contributed by atoms with E-state index >= 15 is 0 Å². The molecule has 0 aromatic heterocycles. The first-order valence-electron chi connectivity index (χ1n) is 8.98. The topological polar surface area (TPSA) is 67.4 Å². The van der Waals surface area contributed by atoms with Gasteiger partial charge in [0.05, 0.1) is 17.9 Å². The van der Waals surface area contributed by atoms with Crippen LogP contribution in [0.15, 0.2) is 42.5 Å². The van der Waals surface area contributed by atoms with E-state index in [0.29, 0.717) is 22.8 Å². The van der Waals surface area contributed by atoms with E-state index in [2.05, 4.69) is 10.6 Å². The van der Waals surface area contributed by atoms with Crippen molar-refractivity contribution in [2.24, 2.45) is 11.8 Å². The molecule has 5 nitrogen and oxygen atoms in total. The minimum absolute atomic E-state index is 0.0966. The molecule has 2 unspecified atom stereocenters. The van der Waals surface area contributed by atoms with Crippen molar-refractivity contribution in [1.82, 2.24) is 0 Å². The van der Waals surface area contributed by atoms with Gasteiger partial charge in [-0.25, -0.2) is 0 Å². The molecule has 1 saturated carbocycles. The van der Waals surface area contributed by atoms with Gasteiger partial charge in [0.15, 0.2) is 0 Å². The Hall–Kier alpha value is -2.53. The number of ether oxygens (including phenoxy) is 1. The molecular weight excluding hydrogens is 364 g/mol. The molecule has 0 aliphatic heterocycles. The van der Waals surface area contributed by atoms with Crippen molar-refractivity contribution < 1.29 is 14.3 Å². The maximum absolute atomic E-state index is 12.4. The molecule has 1 fully saturated rings. The van der Waals surface area contributed by atoms with Crippen LogP contribution in [0, 0.1) is 18.8 Å². The monoisotopic (exact) mass is 386 g/mol. The van der Waals surface area contributed by atoms with E-state index in [4.69, 9.17) is 16.3 Å². The normalized spacial score (nSPS) is 18.1. The second-order valence-electron chi connectivity index (χ2n) is 7.03. The quantitative estimate of drug-likeness (QED) is 0.759. The predicted octanol–water partition coefficient (Wildman–Crippen LogP) is 4.65. The number of carbonyl (C=O) groups excluding carboxylic acids is 2. The first-order valence-corrected chi connectivity index (χ1v) is 9.36. The number of nitrogens with one attached hydrogen (secondary N) is 2. The third kappa shape index (κ3) is 4.80. The molecule has 1 aliphatic carbocycles. The Morgan fingerprint density at radius 3 is 2.30 bits per heavy atom. The average Bonchev–Trinajstić information content (AvgIpc) is 3.41. The maximum atomic E-state index is 12.4. The lowest BCUT2D eigenvalue weighted by Crippen LogP contribution is -2.21. The summed E-state index contributed by atoms with van der Waals surface area (Å²) in [5.74, 6) is -0.164. The SMILES string of the molecule is Cc1c(Cl)cccc1NC(=O)C1CC1C(=O)Nc1ccc(OC(C)C)cc1. The van der Waals surface area contributed by atoms with Crippen molar-refractivity contribution in [2.45, 2.75) is 33.3 Å². The molecule has 3 rings (SSSR count). The largest absolute Gasteiger partial charge is 0.491 e. The first kappa shape index (κ1) is 19.2. The summed E-state index contributed by atoms with van der Waals surface area (Å²) in [6.07, 6.45) is 0.644. The summed E-state index contributed by atoms with van der Waals surface area (Å²) >= 11 is 6.08. The van der Waals surface area contributed by atoms with Crippen LogP contribution in [-0.4, -0.2) is 17.9 Å². The van der Waals surface area contributed by atoms with Crippen LogP contribution >= 0.6 is 11.6 Å². The van der Waals surface area contributed by atoms with Gasteiger partial charge in [-0.15, -0.1) is 0 Å². The number of hydrogen-bond acceptors (Lipinski definition) is 3. The molecule has 0 saturated heterocycles. The Kier molecular flexibility index (Phi) is 5.71. The van der Waals surface area contributed by atoms with Crippen LogP contribution in [0.2, 0.25) is 5.02 Å². The summed E-state index contributed by atoms with van der Waals surface area (Å²) in [7, 11) is 0. The number of amides is 2. The van der Waals surface area contributed by atoms with Crippen LogP contribution in [0.25, 0.3) is 0 Å². The Morgan fingerprint density at radius 1 is 1.04 bits per heavy atom. The number of carbonyl (C=O) groups is 2. The van der Waals surface area contributed by atoms with Gasteiger partial charge < -0.3 is 15.4 Å². The Labute approximate surface area is 164 Å². The van der Waals surface area contributed by atoms with E-state index in [0.717, 1.165) is 11.3 Å². The zero-order chi connectivity index (χ0) is 19.6. The number of anilines is 2. The van der Waals surface area contributed by atoms with E-state index < -0.39 is 0 Å². The summed E-state index contributed by atoms with van der Waals surface area (Å²) in [4.78, 5) is 24.8. The predicted molar refractivity (Wildman–Crippen MR) is 107 cm³/mol. The lowest BCUT2D eigenvalue weighted by Gasteiger charge is -2.11. The molecule has 0 radical (unpaired) electrons. The van der Waals surface area contributed by atoms with Crippen molar-refractivity contribution in [1.29, 1.82) is 0 Å². The van der Waals surface area contributed by atoms with E-state index in [9.17, 15) is 9.59 Å². The standard InChI is InChI=1S/C21H23ClN2O3/c1-12(2)27-15-9-7-14(8-10-15)23-20(25)16-11-17(16)21(26)24-19-6-4-5-18(22)13(19)3/h4-10,12,16-17H,11H2,1-3H3,(H,23,25)(H,24,26). The minimum Gasteiger partial charge on any atom is -0.491 e. The van der Waals surface area contributed by atoms with E-state index in [1.54, 1.807) is 30.3 Å². The summed E-state index contributed by atoms with van der Waals surface area (Å²) in [6.45, 7) is 5.76. The Morgan fingerprint density at radius 2 is 1.67 bits per heavy atom. The molecular formula is C21H23ClN2O3. The van der Waals surface area contributed by atoms with Crippen LogP contribution in [0.3, 0.4) is 0 Å². The van der Waals surface area contributed by atoms with E-state index in [1.165, 1.54) is 0 Å². The van der Waals surface area contributed by atoms with Gasteiger partial charge in [-0.3, -0.25) is 9.59 Å². The summed E-state index contributed by atoms with van der Waals surface area (Å²) in [5.41, 5.74) is 2.19. The molecule has 142 valence electrons. The van der Waals surface area contributed by atoms with Gasteiger partial charge in [0, 0.05) is 16.4 Å². The Balaban J connectivity index is 1.54. The fraction of sp³-hybridized carbons (Fsp3) is 0.333. The molecule has 2 N–H and O–H groups in total. The first-order chi connectivity index (χ1) is 12.8. The summed E-state index contributed by atoms with van der Waals surface area (Å²) in [6, 6.07) is 12.6. The van der Waals surface area contributed by atoms with Gasteiger partial charge in [-0.1, -0.05) is 17.7 Å². The number of halogens is 1. The van der Waals surface area contributed by atoms with Crippen LogP contribution in [0.1, 0.15) is 25.8 Å².